The van der Waals surface area contributed by atoms with E-state index in [1.54, 1.807) is 30.0 Å². The topological polar surface area (TPSA) is 148 Å². The number of likely N-dealkylation sites (tertiary alicyclic amines) is 2. The second-order valence-electron chi connectivity index (χ2n) is 27.3. The number of carbonyl (C=O) groups is 5. The fourth-order valence-corrected chi connectivity index (χ4v) is 14.7. The van der Waals surface area contributed by atoms with Gasteiger partial charge in [-0.2, -0.15) is 26.3 Å². The molecule has 0 saturated carbocycles. The number of nitrogens with zero attached hydrogens (tertiary/aromatic N) is 7. The average Bonchev–Trinajstić information content (AvgIpc) is 1.60. The highest BCUT2D eigenvalue weighted by Gasteiger charge is 2.50. The Balaban J connectivity index is 0.623. The van der Waals surface area contributed by atoms with Gasteiger partial charge >= 0.3 is 18.4 Å². The standard InChI is InChI=1S/C77H91F7N8O8/c1-6-7-17-66-54(2)47-68(74(66)33-42-90(43-34-74)44-35-75(59-22-24-62(78)25-23-59)52-92(53-99-75)72(96)58-48-60(76(79,80)81)50-61(49-58)77(82,83)84)98-51-70(94)86(3)36-13-37-88(5)71(95)57-20-26-63(27-21-57)91-40-29-55(30-41-91)19-28-69(93)87(4)45-46-89-38-31-64(32-39-89)100-73(97)85-67-18-12-11-16-65(67)56-14-9-8-10-15-56/h6-12,14-18,20-27,48-50,55,64,68H,1,13,19,28-47,51-53H2,2-5H3,(H,85,97)/b17-7-/t68-,75-/m0/s1. The Kier molecular flexibility index (Phi) is 24.5. The number of hydrogen-bond acceptors (Lipinski definition) is 11. The van der Waals surface area contributed by atoms with E-state index in [4.69, 9.17) is 14.2 Å². The molecule has 0 unspecified atom stereocenters. The molecular formula is C77H91F7N8O8. The van der Waals surface area contributed by atoms with Crippen molar-refractivity contribution in [2.45, 2.75) is 108 Å². The van der Waals surface area contributed by atoms with Gasteiger partial charge in [0, 0.05) is 114 Å². The molecule has 4 fully saturated rings. The first-order chi connectivity index (χ1) is 47.8. The second-order valence-corrected chi connectivity index (χ2v) is 27.3. The fraction of sp³-hybridized carbons (Fsp3) is 0.468. The SMILES string of the molecule is C=C/C=C\C1=C(C)C[C@H](OCC(=O)N(C)CCCN(C)C(=O)c2ccc(N3CCC(CCC(=O)N(C)CCN4CCC(OC(=O)Nc5ccccc5-c5ccccc5)CC4)CC3)cc2)C12CCN(CC[C@@]1(c3ccc(F)cc3)CN(C(=O)c3cc(C(F)(F)F)cc(C(F)(F)F)c3)CO1)CC2. The molecule has 5 aromatic rings. The van der Waals surface area contributed by atoms with Gasteiger partial charge in [0.25, 0.3) is 11.8 Å². The van der Waals surface area contributed by atoms with Gasteiger partial charge in [0.15, 0.2) is 0 Å². The molecular weight excluding hydrogens is 1300 g/mol. The molecule has 536 valence electrons. The predicted molar refractivity (Wildman–Crippen MR) is 370 cm³/mol. The van der Waals surface area contributed by atoms with Crippen molar-refractivity contribution in [3.8, 4) is 11.1 Å². The summed E-state index contributed by atoms with van der Waals surface area (Å²) in [5, 5.41) is 2.94. The number of benzene rings is 5. The molecule has 5 aromatic carbocycles. The Labute approximate surface area is 581 Å². The van der Waals surface area contributed by atoms with Crippen LogP contribution in [0.1, 0.15) is 115 Å². The molecule has 5 aliphatic rings. The number of likely N-dealkylation sites (N-methyl/N-ethyl adjacent to an activating group) is 2. The first-order valence-electron chi connectivity index (χ1n) is 34.6. The van der Waals surface area contributed by atoms with Gasteiger partial charge in [-0.25, -0.2) is 9.18 Å². The normalized spacial score (nSPS) is 19.5. The number of carbonyl (C=O) groups excluding carboxylic acids is 5. The monoisotopic (exact) mass is 1390 g/mol. The van der Waals surface area contributed by atoms with Crippen molar-refractivity contribution in [1.82, 2.24) is 29.4 Å². The van der Waals surface area contributed by atoms with Gasteiger partial charge in [0.1, 0.15) is 30.9 Å². The van der Waals surface area contributed by atoms with Crippen LogP contribution in [0.3, 0.4) is 0 Å². The molecule has 1 aliphatic carbocycles. The molecule has 2 atom stereocenters. The Morgan fingerprint density at radius 1 is 0.710 bits per heavy atom. The molecule has 0 aromatic heterocycles. The Hall–Kier alpha value is -8.38. The summed E-state index contributed by atoms with van der Waals surface area (Å²) < 4.78 is 116. The molecule has 5 amide bonds. The van der Waals surface area contributed by atoms with E-state index < -0.39 is 64.6 Å². The zero-order valence-electron chi connectivity index (χ0n) is 57.4. The van der Waals surface area contributed by atoms with Crippen molar-refractivity contribution >= 4 is 41.1 Å². The molecule has 10 rings (SSSR count). The largest absolute Gasteiger partial charge is 0.446 e. The van der Waals surface area contributed by atoms with E-state index >= 15 is 0 Å². The number of anilines is 2. The van der Waals surface area contributed by atoms with Crippen molar-refractivity contribution in [3.05, 3.63) is 191 Å². The van der Waals surface area contributed by atoms with E-state index in [1.165, 1.54) is 24.3 Å². The van der Waals surface area contributed by atoms with E-state index in [2.05, 4.69) is 33.5 Å². The molecule has 0 bridgehead atoms. The third kappa shape index (κ3) is 18.6. The number of alkyl halides is 6. The fourth-order valence-electron chi connectivity index (χ4n) is 14.7. The highest BCUT2D eigenvalue weighted by Crippen LogP contribution is 2.53. The number of allylic oxidation sites excluding steroid dienone is 3. The number of para-hydroxylation sites is 1. The Morgan fingerprint density at radius 2 is 1.34 bits per heavy atom. The van der Waals surface area contributed by atoms with Crippen molar-refractivity contribution < 1.29 is 68.9 Å². The van der Waals surface area contributed by atoms with Gasteiger partial charge < -0.3 is 48.5 Å². The number of amides is 5. The van der Waals surface area contributed by atoms with Crippen LogP contribution in [0.5, 0.6) is 0 Å². The minimum Gasteiger partial charge on any atom is -0.446 e. The first kappa shape index (κ1) is 74.3. The number of hydrogen-bond donors (Lipinski definition) is 1. The van der Waals surface area contributed by atoms with Crippen LogP contribution in [0.4, 0.5) is 46.9 Å². The lowest BCUT2D eigenvalue weighted by molar-refractivity contribution is -0.143. The van der Waals surface area contributed by atoms with E-state index in [0.717, 1.165) is 97.7 Å². The lowest BCUT2D eigenvalue weighted by Gasteiger charge is -2.45. The third-order valence-corrected chi connectivity index (χ3v) is 20.8. The summed E-state index contributed by atoms with van der Waals surface area (Å²) in [6, 6.07) is 31.5. The lowest BCUT2D eigenvalue weighted by atomic mass is 9.71. The maximum Gasteiger partial charge on any atom is 0.416 e. The number of ether oxygens (including phenoxy) is 3. The molecule has 16 nitrogen and oxygen atoms in total. The zero-order valence-corrected chi connectivity index (χ0v) is 57.4. The minimum absolute atomic E-state index is 0.0295. The average molecular weight is 1390 g/mol. The molecule has 23 heteroatoms. The molecule has 1 N–H and O–H groups in total. The number of halogens is 7. The summed E-state index contributed by atoms with van der Waals surface area (Å²) in [4.78, 5) is 80.4. The van der Waals surface area contributed by atoms with Crippen LogP contribution in [0.2, 0.25) is 0 Å². The van der Waals surface area contributed by atoms with E-state index in [0.29, 0.717) is 106 Å². The molecule has 100 heavy (non-hydrogen) atoms. The number of rotatable bonds is 25. The van der Waals surface area contributed by atoms with Crippen molar-refractivity contribution in [2.24, 2.45) is 11.3 Å². The van der Waals surface area contributed by atoms with Gasteiger partial charge in [0.05, 0.1) is 29.5 Å². The van der Waals surface area contributed by atoms with Gasteiger partial charge in [-0.3, -0.25) is 24.5 Å². The van der Waals surface area contributed by atoms with Gasteiger partial charge in [0.2, 0.25) is 11.8 Å². The van der Waals surface area contributed by atoms with Crippen LogP contribution >= 0.6 is 0 Å². The summed E-state index contributed by atoms with van der Waals surface area (Å²) >= 11 is 0. The summed E-state index contributed by atoms with van der Waals surface area (Å²) in [5.41, 5.74) is 1.24. The molecule has 4 heterocycles. The first-order valence-corrected chi connectivity index (χ1v) is 34.6. The zero-order chi connectivity index (χ0) is 71.4. The van der Waals surface area contributed by atoms with Crippen LogP contribution in [0, 0.1) is 17.2 Å². The Morgan fingerprint density at radius 3 is 2.00 bits per heavy atom. The van der Waals surface area contributed by atoms with Crippen molar-refractivity contribution in [1.29, 1.82) is 0 Å². The summed E-state index contributed by atoms with van der Waals surface area (Å²) in [5.74, 6) is -1.35. The summed E-state index contributed by atoms with van der Waals surface area (Å²) in [6.45, 7) is 12.2. The highest BCUT2D eigenvalue weighted by atomic mass is 19.4. The third-order valence-electron chi connectivity index (χ3n) is 20.8. The summed E-state index contributed by atoms with van der Waals surface area (Å²) in [7, 11) is 5.35. The highest BCUT2D eigenvalue weighted by molar-refractivity contribution is 5.95. The van der Waals surface area contributed by atoms with E-state index in [9.17, 15) is 54.7 Å². The van der Waals surface area contributed by atoms with E-state index in [1.807, 2.05) is 103 Å². The number of piperidine rings is 3. The molecule has 0 radical (unpaired) electrons. The van der Waals surface area contributed by atoms with Crippen molar-refractivity contribution in [2.75, 3.05) is 123 Å². The van der Waals surface area contributed by atoms with Gasteiger partial charge in [-0.15, -0.1) is 0 Å². The summed E-state index contributed by atoms with van der Waals surface area (Å²) in [6.07, 6.45) is 1.78. The lowest BCUT2D eigenvalue weighted by Crippen LogP contribution is -2.48. The Bertz CT molecular complexity index is 3680. The quantitative estimate of drug-likeness (QED) is 0.0440. The molecule has 1 spiro atoms. The minimum atomic E-state index is -5.15. The van der Waals surface area contributed by atoms with Crippen LogP contribution in [-0.2, 0) is 41.8 Å². The maximum atomic E-state index is 14.3. The van der Waals surface area contributed by atoms with Crippen LogP contribution < -0.4 is 10.2 Å². The van der Waals surface area contributed by atoms with Crippen LogP contribution in [0.15, 0.2) is 157 Å². The van der Waals surface area contributed by atoms with Gasteiger partial charge in [-0.05, 0) is 168 Å². The van der Waals surface area contributed by atoms with Crippen LogP contribution in [-0.4, -0.2) is 184 Å². The van der Waals surface area contributed by atoms with Gasteiger partial charge in [-0.1, -0.05) is 91.0 Å². The van der Waals surface area contributed by atoms with E-state index in [-0.39, 0.29) is 55.6 Å². The second kappa shape index (κ2) is 33.0. The number of nitrogens with one attached hydrogen (secondary N) is 1. The van der Waals surface area contributed by atoms with Crippen molar-refractivity contribution in [3.63, 3.8) is 0 Å². The van der Waals surface area contributed by atoms with Crippen LogP contribution in [0.25, 0.3) is 11.1 Å². The maximum absolute atomic E-state index is 14.3. The molecule has 4 saturated heterocycles. The molecule has 4 aliphatic heterocycles. The predicted octanol–water partition coefficient (Wildman–Crippen LogP) is 14.0. The smallest absolute Gasteiger partial charge is 0.416 e.